The molecule has 2 amide bonds. The van der Waals surface area contributed by atoms with Crippen molar-refractivity contribution >= 4 is 17.7 Å². The molecule has 1 fully saturated rings. The van der Waals surface area contributed by atoms with Crippen molar-refractivity contribution in [3.05, 3.63) is 65.0 Å². The Morgan fingerprint density at radius 1 is 1.11 bits per heavy atom. The first-order chi connectivity index (χ1) is 18.1. The van der Waals surface area contributed by atoms with Crippen LogP contribution in [0.3, 0.4) is 0 Å². The van der Waals surface area contributed by atoms with Crippen LogP contribution in [0, 0.1) is 18.7 Å². The Balaban J connectivity index is 1.53. The first-order valence-corrected chi connectivity index (χ1v) is 13.5. The van der Waals surface area contributed by atoms with Crippen LogP contribution in [0.4, 0.5) is 14.9 Å². The van der Waals surface area contributed by atoms with Crippen LogP contribution in [0.2, 0.25) is 0 Å². The second-order valence-electron chi connectivity index (χ2n) is 10.6. The number of nitrogens with one attached hydrogen (secondary N) is 1. The predicted octanol–water partition coefficient (Wildman–Crippen LogP) is 6.65. The smallest absolute Gasteiger partial charge is 0.336 e. The molecule has 1 aliphatic rings. The Morgan fingerprint density at radius 2 is 1.82 bits per heavy atom. The molecule has 0 aliphatic heterocycles. The minimum atomic E-state index is -0.941. The van der Waals surface area contributed by atoms with Crippen molar-refractivity contribution < 1.29 is 28.6 Å². The van der Waals surface area contributed by atoms with Gasteiger partial charge >= 0.3 is 12.0 Å². The van der Waals surface area contributed by atoms with Gasteiger partial charge in [-0.25, -0.2) is 14.0 Å². The van der Waals surface area contributed by atoms with Gasteiger partial charge in [0, 0.05) is 18.3 Å². The van der Waals surface area contributed by atoms with Gasteiger partial charge in [0.25, 0.3) is 0 Å². The van der Waals surface area contributed by atoms with E-state index in [9.17, 15) is 19.1 Å². The van der Waals surface area contributed by atoms with E-state index in [-0.39, 0.29) is 30.9 Å². The lowest BCUT2D eigenvalue weighted by Gasteiger charge is -2.33. The monoisotopic (exact) mass is 528 g/mol. The maximum Gasteiger partial charge on any atom is 0.336 e. The zero-order valence-electron chi connectivity index (χ0n) is 22.9. The van der Waals surface area contributed by atoms with Crippen LogP contribution >= 0.6 is 0 Å². The fourth-order valence-corrected chi connectivity index (χ4v) is 5.18. The number of rotatable bonds is 12. The summed E-state index contributed by atoms with van der Waals surface area (Å²) in [5.41, 5.74) is 2.13. The van der Waals surface area contributed by atoms with E-state index in [0.717, 1.165) is 37.7 Å². The van der Waals surface area contributed by atoms with E-state index in [1.165, 1.54) is 12.1 Å². The van der Waals surface area contributed by atoms with E-state index >= 15 is 0 Å². The summed E-state index contributed by atoms with van der Waals surface area (Å²) in [6, 6.07) is 11.0. The van der Waals surface area contributed by atoms with Crippen molar-refractivity contribution in [2.45, 2.75) is 84.7 Å². The maximum absolute atomic E-state index is 13.6. The number of ether oxygens (including phenoxy) is 2. The number of aryl methyl sites for hydroxylation is 1. The number of halogens is 1. The Kier molecular flexibility index (Phi) is 11.1. The molecule has 0 bridgehead atoms. The summed E-state index contributed by atoms with van der Waals surface area (Å²) in [6.07, 6.45) is 4.35. The Bertz CT molecular complexity index is 1080. The average Bonchev–Trinajstić information content (AvgIpc) is 2.85. The minimum Gasteiger partial charge on any atom is -0.478 e. The largest absolute Gasteiger partial charge is 0.478 e. The summed E-state index contributed by atoms with van der Waals surface area (Å²) in [5, 5.41) is 12.4. The Morgan fingerprint density at radius 3 is 2.50 bits per heavy atom. The van der Waals surface area contributed by atoms with Crippen LogP contribution in [0.1, 0.15) is 74.4 Å². The highest BCUT2D eigenvalue weighted by Crippen LogP contribution is 2.26. The molecule has 8 heteroatoms. The van der Waals surface area contributed by atoms with Crippen LogP contribution in [0.25, 0.3) is 0 Å². The summed E-state index contributed by atoms with van der Waals surface area (Å²) in [6.45, 7) is 9.11. The first kappa shape index (κ1) is 29.6. The summed E-state index contributed by atoms with van der Waals surface area (Å²) in [5.74, 6) is -0.922. The van der Waals surface area contributed by atoms with Gasteiger partial charge in [-0.2, -0.15) is 0 Å². The maximum atomic E-state index is 13.6. The molecule has 2 unspecified atom stereocenters. The minimum absolute atomic E-state index is 0.00708. The summed E-state index contributed by atoms with van der Waals surface area (Å²) in [7, 11) is 0. The van der Waals surface area contributed by atoms with Gasteiger partial charge in [0.1, 0.15) is 5.82 Å². The molecule has 1 saturated carbocycles. The van der Waals surface area contributed by atoms with Gasteiger partial charge in [0.2, 0.25) is 0 Å². The second-order valence-corrected chi connectivity index (χ2v) is 10.6. The van der Waals surface area contributed by atoms with E-state index in [4.69, 9.17) is 9.47 Å². The molecule has 0 radical (unpaired) electrons. The zero-order valence-corrected chi connectivity index (χ0v) is 22.9. The normalized spacial score (nSPS) is 18.3. The Hall–Kier alpha value is -2.97. The second kappa shape index (κ2) is 14.3. The van der Waals surface area contributed by atoms with E-state index in [2.05, 4.69) is 19.2 Å². The highest BCUT2D eigenvalue weighted by Gasteiger charge is 2.26. The number of carbonyl (C=O) groups is 2. The van der Waals surface area contributed by atoms with Crippen LogP contribution < -0.4 is 5.32 Å². The molecule has 1 aliphatic carbocycles. The number of nitrogens with zero attached hydrogens (tertiary/aromatic N) is 1. The molecule has 7 nitrogen and oxygen atoms in total. The number of aromatic carboxylic acids is 1. The van der Waals surface area contributed by atoms with Gasteiger partial charge in [0.15, 0.2) is 0 Å². The van der Waals surface area contributed by atoms with Crippen LogP contribution in [-0.4, -0.2) is 53.4 Å². The lowest BCUT2D eigenvalue weighted by atomic mass is 9.94. The topological polar surface area (TPSA) is 88.1 Å². The lowest BCUT2D eigenvalue weighted by molar-refractivity contribution is -0.0532. The zero-order chi connectivity index (χ0) is 27.7. The van der Waals surface area contributed by atoms with E-state index < -0.39 is 11.8 Å². The van der Waals surface area contributed by atoms with Gasteiger partial charge in [0.05, 0.1) is 31.0 Å². The molecule has 0 aromatic heterocycles. The standard InChI is InChI=1S/C30H41FN2O5/c1-20(2)16-22(4)33(30(36)32-25-11-6-10-24(31)17-25)14-15-37-26-12-7-13-27(18-26)38-19-23-9-5-8-21(3)28(23)29(34)35/h5-6,8-11,17,20,22,26-27H,7,12-16,18-19H2,1-4H3,(H,32,36)(H,34,35)/t22?,26-,27?/m0/s1. The fraction of sp³-hybridized carbons (Fsp3) is 0.533. The van der Waals surface area contributed by atoms with E-state index in [1.54, 1.807) is 36.1 Å². The SMILES string of the molecule is Cc1cccc(COC2CCC[C@H](OCCN(C(=O)Nc3cccc(F)c3)C(C)CC(C)C)C2)c1C(=O)O. The number of amides is 2. The quantitative estimate of drug-likeness (QED) is 0.322. The summed E-state index contributed by atoms with van der Waals surface area (Å²) in [4.78, 5) is 26.5. The van der Waals surface area contributed by atoms with Crippen LogP contribution in [0.5, 0.6) is 0 Å². The molecule has 2 N–H and O–H groups in total. The van der Waals surface area contributed by atoms with Crippen LogP contribution in [0.15, 0.2) is 42.5 Å². The van der Waals surface area contributed by atoms with E-state index in [0.29, 0.717) is 35.9 Å². The first-order valence-electron chi connectivity index (χ1n) is 13.5. The number of carbonyl (C=O) groups excluding carboxylic acids is 1. The Labute approximate surface area is 225 Å². The molecular formula is C30H41FN2O5. The number of hydrogen-bond donors (Lipinski definition) is 2. The van der Waals surface area contributed by atoms with Gasteiger partial charge in [-0.1, -0.05) is 38.1 Å². The van der Waals surface area contributed by atoms with Crippen molar-refractivity contribution in [1.29, 1.82) is 0 Å². The third kappa shape index (κ3) is 8.81. The highest BCUT2D eigenvalue weighted by molar-refractivity contribution is 5.91. The van der Waals surface area contributed by atoms with Crippen molar-refractivity contribution in [3.63, 3.8) is 0 Å². The predicted molar refractivity (Wildman–Crippen MR) is 146 cm³/mol. The van der Waals surface area contributed by atoms with Gasteiger partial charge in [-0.05, 0) is 81.2 Å². The van der Waals surface area contributed by atoms with Crippen molar-refractivity contribution in [3.8, 4) is 0 Å². The third-order valence-corrected chi connectivity index (χ3v) is 6.99. The van der Waals surface area contributed by atoms with Gasteiger partial charge < -0.3 is 24.8 Å². The number of carboxylic acid groups (broad SMARTS) is 1. The van der Waals surface area contributed by atoms with Gasteiger partial charge in [-0.15, -0.1) is 0 Å². The average molecular weight is 529 g/mol. The number of anilines is 1. The van der Waals surface area contributed by atoms with Crippen molar-refractivity contribution in [2.24, 2.45) is 5.92 Å². The molecule has 0 spiro atoms. The molecule has 3 atom stereocenters. The number of hydrogen-bond acceptors (Lipinski definition) is 4. The van der Waals surface area contributed by atoms with E-state index in [1.807, 2.05) is 13.0 Å². The number of benzene rings is 2. The molecule has 0 saturated heterocycles. The summed E-state index contributed by atoms with van der Waals surface area (Å²) < 4.78 is 25.9. The van der Waals surface area contributed by atoms with Crippen LogP contribution in [-0.2, 0) is 16.1 Å². The molecule has 38 heavy (non-hydrogen) atoms. The highest BCUT2D eigenvalue weighted by atomic mass is 19.1. The number of carboxylic acids is 1. The molecule has 3 rings (SSSR count). The third-order valence-electron chi connectivity index (χ3n) is 6.99. The lowest BCUT2D eigenvalue weighted by Crippen LogP contribution is -2.44. The summed E-state index contributed by atoms with van der Waals surface area (Å²) >= 11 is 0. The van der Waals surface area contributed by atoms with Gasteiger partial charge in [-0.3, -0.25) is 0 Å². The molecule has 0 heterocycles. The molecule has 2 aromatic rings. The number of urea groups is 1. The molecule has 208 valence electrons. The molecular weight excluding hydrogens is 487 g/mol. The molecule has 2 aromatic carbocycles. The van der Waals surface area contributed by atoms with Crippen molar-refractivity contribution in [1.82, 2.24) is 4.90 Å². The fourth-order valence-electron chi connectivity index (χ4n) is 5.18. The van der Waals surface area contributed by atoms with Crippen molar-refractivity contribution in [2.75, 3.05) is 18.5 Å².